The summed E-state index contributed by atoms with van der Waals surface area (Å²) in [7, 11) is 0. The number of rotatable bonds is 11. The van der Waals surface area contributed by atoms with Crippen LogP contribution in [0.2, 0.25) is 0 Å². The molecular weight excluding hydrogens is 316 g/mol. The van der Waals surface area contributed by atoms with Crippen molar-refractivity contribution in [3.8, 4) is 6.07 Å². The fourth-order valence-electron chi connectivity index (χ4n) is 1.72. The molecule has 0 aromatic rings. The molecule has 0 aliphatic carbocycles. The summed E-state index contributed by atoms with van der Waals surface area (Å²) in [4.78, 5) is 35.1. The molecule has 134 valence electrons. The van der Waals surface area contributed by atoms with E-state index in [0.717, 1.165) is 11.1 Å². The zero-order chi connectivity index (χ0) is 18.4. The van der Waals surface area contributed by atoms with Gasteiger partial charge in [0.2, 0.25) is 0 Å². The highest BCUT2D eigenvalue weighted by Crippen LogP contribution is 2.02. The lowest BCUT2D eigenvalue weighted by atomic mass is 10.2. The Kier molecular flexibility index (Phi) is 11.5. The van der Waals surface area contributed by atoms with Crippen LogP contribution in [0.5, 0.6) is 0 Å². The molecule has 0 fully saturated rings. The molecule has 9 nitrogen and oxygen atoms in total. The second-order valence-corrected chi connectivity index (χ2v) is 4.80. The van der Waals surface area contributed by atoms with E-state index in [1.165, 1.54) is 0 Å². The highest BCUT2D eigenvalue weighted by molar-refractivity contribution is 5.97. The third-order valence-corrected chi connectivity index (χ3v) is 2.88. The number of nitrogens with zero attached hydrogens (tertiary/aromatic N) is 2. The lowest BCUT2D eigenvalue weighted by Gasteiger charge is -2.17. The molecule has 0 saturated carbocycles. The molecule has 0 rings (SSSR count). The molecule has 0 aliphatic heterocycles. The summed E-state index contributed by atoms with van der Waals surface area (Å²) >= 11 is 0. The van der Waals surface area contributed by atoms with Crippen molar-refractivity contribution in [1.82, 2.24) is 10.2 Å². The van der Waals surface area contributed by atoms with Crippen molar-refractivity contribution >= 4 is 18.0 Å². The summed E-state index contributed by atoms with van der Waals surface area (Å²) < 4.78 is 4.82. The predicted octanol–water partition coefficient (Wildman–Crippen LogP) is 0.572. The van der Waals surface area contributed by atoms with Gasteiger partial charge >= 0.3 is 12.1 Å². The van der Waals surface area contributed by atoms with E-state index in [4.69, 9.17) is 20.8 Å². The Labute approximate surface area is 141 Å². The molecule has 0 heterocycles. The first kappa shape index (κ1) is 21.4. The van der Waals surface area contributed by atoms with Gasteiger partial charge < -0.3 is 20.9 Å². The predicted molar refractivity (Wildman–Crippen MR) is 85.6 cm³/mol. The van der Waals surface area contributed by atoms with Crippen LogP contribution in [0.15, 0.2) is 11.8 Å². The average molecular weight is 340 g/mol. The monoisotopic (exact) mass is 340 g/mol. The Morgan fingerprint density at radius 3 is 2.58 bits per heavy atom. The number of nitrogens with two attached hydrogens (primary N) is 1. The fraction of sp³-hybridized carbons (Fsp3) is 0.600. The first-order valence-electron chi connectivity index (χ1n) is 7.71. The maximum atomic E-state index is 11.9. The highest BCUT2D eigenvalue weighted by Gasteiger charge is 2.16. The van der Waals surface area contributed by atoms with Crippen molar-refractivity contribution in [3.05, 3.63) is 11.8 Å². The van der Waals surface area contributed by atoms with Crippen molar-refractivity contribution in [3.63, 3.8) is 0 Å². The Morgan fingerprint density at radius 1 is 1.33 bits per heavy atom. The van der Waals surface area contributed by atoms with Crippen molar-refractivity contribution in [1.29, 1.82) is 5.26 Å². The summed E-state index contributed by atoms with van der Waals surface area (Å²) in [6.45, 7) is 2.39. The normalized spacial score (nSPS) is 10.6. The number of aliphatic carboxylic acids is 1. The molecule has 0 atom stereocenters. The number of unbranched alkanes of at least 4 members (excludes halogenated alkanes) is 2. The van der Waals surface area contributed by atoms with Crippen molar-refractivity contribution in [2.45, 2.75) is 32.6 Å². The second kappa shape index (κ2) is 12.9. The van der Waals surface area contributed by atoms with Gasteiger partial charge in [-0.1, -0.05) is 6.42 Å². The summed E-state index contributed by atoms with van der Waals surface area (Å²) in [5.74, 6) is -1.46. The number of carbonyl (C=O) groups excluding carboxylic acids is 2. The number of nitrogens with one attached hydrogen (secondary N) is 1. The van der Waals surface area contributed by atoms with Gasteiger partial charge in [-0.25, -0.2) is 4.79 Å². The van der Waals surface area contributed by atoms with Gasteiger partial charge in [0.05, 0.1) is 6.61 Å². The van der Waals surface area contributed by atoms with E-state index in [9.17, 15) is 14.4 Å². The maximum absolute atomic E-state index is 11.9. The Balaban J connectivity index is 4.51. The molecule has 2 amide bonds. The number of ether oxygens (including phenoxy) is 1. The fourth-order valence-corrected chi connectivity index (χ4v) is 1.72. The summed E-state index contributed by atoms with van der Waals surface area (Å²) in [5.41, 5.74) is 5.17. The molecule has 0 aromatic carbocycles. The average Bonchev–Trinajstić information content (AvgIpc) is 2.54. The smallest absolute Gasteiger partial charge is 0.413 e. The van der Waals surface area contributed by atoms with E-state index < -0.39 is 18.0 Å². The molecule has 9 heteroatoms. The quantitative estimate of drug-likeness (QED) is 0.283. The zero-order valence-electron chi connectivity index (χ0n) is 13.8. The Bertz CT molecular complexity index is 499. The molecule has 24 heavy (non-hydrogen) atoms. The Hall–Kier alpha value is -2.60. The molecule has 0 aliphatic rings. The summed E-state index contributed by atoms with van der Waals surface area (Å²) in [6, 6.07) is 1.74. The molecular formula is C15H24N4O5. The van der Waals surface area contributed by atoms with Gasteiger partial charge in [0.1, 0.15) is 11.6 Å². The lowest BCUT2D eigenvalue weighted by molar-refractivity contribution is -0.137. The number of nitriles is 1. The van der Waals surface area contributed by atoms with Crippen molar-refractivity contribution < 1.29 is 24.2 Å². The minimum Gasteiger partial charge on any atom is -0.481 e. The molecule has 0 radical (unpaired) electrons. The van der Waals surface area contributed by atoms with Crippen LogP contribution in [0.4, 0.5) is 4.79 Å². The highest BCUT2D eigenvalue weighted by atomic mass is 16.6. The van der Waals surface area contributed by atoms with Crippen LogP contribution in [0.1, 0.15) is 32.6 Å². The van der Waals surface area contributed by atoms with Crippen molar-refractivity contribution in [2.75, 3.05) is 26.2 Å². The van der Waals surface area contributed by atoms with Gasteiger partial charge in [-0.15, -0.1) is 0 Å². The van der Waals surface area contributed by atoms with Crippen LogP contribution in [0.3, 0.4) is 0 Å². The second-order valence-electron chi connectivity index (χ2n) is 4.80. The van der Waals surface area contributed by atoms with E-state index in [1.807, 2.05) is 0 Å². The number of carboxylic acids is 1. The third-order valence-electron chi connectivity index (χ3n) is 2.88. The minimum atomic E-state index is -0.854. The summed E-state index contributed by atoms with van der Waals surface area (Å²) in [6.07, 6.45) is 2.30. The third kappa shape index (κ3) is 9.42. The standard InChI is InChI=1S/C15H24N4O5/c1-2-24-15(23)19(9-7-16)11-12(10-17)14(22)18-8-5-3-4-6-13(20)21/h11H,2-9,16H2,1H3,(H,18,22)(H,20,21)/b12-11-. The van der Waals surface area contributed by atoms with Gasteiger partial charge in [0.25, 0.3) is 5.91 Å². The van der Waals surface area contributed by atoms with Gasteiger partial charge in [0, 0.05) is 32.3 Å². The van der Waals surface area contributed by atoms with Crippen LogP contribution in [0.25, 0.3) is 0 Å². The minimum absolute atomic E-state index is 0.0882. The van der Waals surface area contributed by atoms with E-state index >= 15 is 0 Å². The number of carboxylic acid groups (broad SMARTS) is 1. The van der Waals surface area contributed by atoms with Gasteiger partial charge in [-0.05, 0) is 19.8 Å². The SMILES string of the molecule is CCOC(=O)N(/C=C(/C#N)C(=O)NCCCCCC(=O)O)CCN. The van der Waals surface area contributed by atoms with Crippen LogP contribution < -0.4 is 11.1 Å². The molecule has 0 spiro atoms. The van der Waals surface area contributed by atoms with E-state index in [2.05, 4.69) is 5.32 Å². The Morgan fingerprint density at radius 2 is 2.04 bits per heavy atom. The lowest BCUT2D eigenvalue weighted by Crippen LogP contribution is -2.33. The first-order valence-corrected chi connectivity index (χ1v) is 7.71. The van der Waals surface area contributed by atoms with Crippen LogP contribution >= 0.6 is 0 Å². The number of hydrogen-bond donors (Lipinski definition) is 3. The van der Waals surface area contributed by atoms with E-state index in [1.54, 1.807) is 13.0 Å². The number of amides is 2. The molecule has 0 aromatic heterocycles. The largest absolute Gasteiger partial charge is 0.481 e. The molecule has 0 unspecified atom stereocenters. The molecule has 4 N–H and O–H groups in total. The maximum Gasteiger partial charge on any atom is 0.413 e. The van der Waals surface area contributed by atoms with Gasteiger partial charge in [-0.3, -0.25) is 14.5 Å². The van der Waals surface area contributed by atoms with Gasteiger partial charge in [0.15, 0.2) is 0 Å². The first-order chi connectivity index (χ1) is 11.5. The molecule has 0 bridgehead atoms. The van der Waals surface area contributed by atoms with Gasteiger partial charge in [-0.2, -0.15) is 5.26 Å². The topological polar surface area (TPSA) is 146 Å². The van der Waals surface area contributed by atoms with Crippen LogP contribution in [-0.4, -0.2) is 54.2 Å². The van der Waals surface area contributed by atoms with E-state index in [0.29, 0.717) is 25.8 Å². The molecule has 0 saturated heterocycles. The van der Waals surface area contributed by atoms with Crippen LogP contribution in [0, 0.1) is 11.3 Å². The van der Waals surface area contributed by atoms with E-state index in [-0.39, 0.29) is 31.7 Å². The summed E-state index contributed by atoms with van der Waals surface area (Å²) in [5, 5.41) is 20.1. The number of carbonyl (C=O) groups is 3. The van der Waals surface area contributed by atoms with Crippen molar-refractivity contribution in [2.24, 2.45) is 5.73 Å². The van der Waals surface area contributed by atoms with Crippen LogP contribution in [-0.2, 0) is 14.3 Å². The number of hydrogen-bond acceptors (Lipinski definition) is 6. The zero-order valence-corrected chi connectivity index (χ0v) is 13.8.